The molecule has 3 N–H and O–H groups in total. The molecule has 0 saturated heterocycles. The quantitative estimate of drug-likeness (QED) is 0.219. The van der Waals surface area contributed by atoms with E-state index in [0.29, 0.717) is 6.61 Å². The predicted octanol–water partition coefficient (Wildman–Crippen LogP) is -8.18. The molecule has 0 atom stereocenters. The number of aliphatic carboxylic acids is 4. The first-order chi connectivity index (χ1) is 9.17. The maximum absolute atomic E-state index is 9.64. The zero-order valence-electron chi connectivity index (χ0n) is 13.2. The van der Waals surface area contributed by atoms with Gasteiger partial charge in [0.1, 0.15) is 0 Å². The number of carboxylic acid groups (broad SMARTS) is 4. The zero-order chi connectivity index (χ0) is 16.6. The Bertz CT molecular complexity index is 256. The van der Waals surface area contributed by atoms with Gasteiger partial charge in [-0.15, -0.1) is 0 Å². The second-order valence-corrected chi connectivity index (χ2v) is 2.95. The minimum atomic E-state index is -1.37. The van der Waals surface area contributed by atoms with E-state index in [0.717, 1.165) is 0 Å². The topological polar surface area (TPSA) is 184 Å². The third-order valence-corrected chi connectivity index (χ3v) is 1.22. The first-order valence-electron chi connectivity index (χ1n) is 5.26. The second-order valence-electron chi connectivity index (χ2n) is 2.95. The summed E-state index contributed by atoms with van der Waals surface area (Å²) in [7, 11) is 0. The number of carbonyl (C=O) groups is 4. The molecule has 10 nitrogen and oxygen atoms in total. The molecule has 0 unspecified atom stereocenters. The van der Waals surface area contributed by atoms with E-state index in [2.05, 4.69) is 4.89 Å². The van der Waals surface area contributed by atoms with Gasteiger partial charge in [0.05, 0.1) is 19.4 Å². The van der Waals surface area contributed by atoms with Crippen molar-refractivity contribution in [3.63, 3.8) is 0 Å². The number of rotatable bonds is 7. The molecule has 0 aromatic rings. The van der Waals surface area contributed by atoms with Crippen molar-refractivity contribution in [3.8, 4) is 0 Å². The third-order valence-electron chi connectivity index (χ3n) is 1.22. The molecule has 0 bridgehead atoms. The molecule has 0 radical (unpaired) electrons. The van der Waals surface area contributed by atoms with Gasteiger partial charge in [-0.05, 0) is 19.8 Å². The molecule has 0 heterocycles. The van der Waals surface area contributed by atoms with E-state index in [-0.39, 0.29) is 85.5 Å². The van der Waals surface area contributed by atoms with Crippen LogP contribution in [-0.4, -0.2) is 46.0 Å². The van der Waals surface area contributed by atoms with Gasteiger partial charge in [-0.25, -0.2) is 4.89 Å². The van der Waals surface area contributed by atoms with E-state index >= 15 is 0 Å². The molecule has 0 aliphatic rings. The number of hydrogen-bond acceptors (Lipinski definition) is 8. The molecule has 126 valence electrons. The van der Waals surface area contributed by atoms with Gasteiger partial charge in [-0.2, -0.15) is 13.5 Å². The number of hydrogen-bond donors (Lipinski definition) is 3. The van der Waals surface area contributed by atoms with Crippen LogP contribution in [0.2, 0.25) is 0 Å². The minimum Gasteiger partial charge on any atom is -0.550 e. The van der Waals surface area contributed by atoms with Crippen LogP contribution in [0.4, 0.5) is 0 Å². The van der Waals surface area contributed by atoms with E-state index in [1.807, 2.05) is 0 Å². The Balaban J connectivity index is -0.0000000464. The zero-order valence-corrected chi connectivity index (χ0v) is 18.2. The standard InChI is InChI=1S/2C4H6O4.C2H6O2.2Na.H2S/c2*5-3(6)1-2-4(7)8;1-2-4-3;;;/h2*1-2H2,(H,5,6)(H,7,8);3H,2H2,1H3;;;1H2/q;;;2*+1;/p-2. The summed E-state index contributed by atoms with van der Waals surface area (Å²) in [5, 5.41) is 42.2. The van der Waals surface area contributed by atoms with Gasteiger partial charge in [-0.1, -0.05) is 0 Å². The number of carbonyl (C=O) groups excluding carboxylic acids is 2. The Morgan fingerprint density at radius 2 is 1.04 bits per heavy atom. The van der Waals surface area contributed by atoms with Crippen molar-refractivity contribution in [1.82, 2.24) is 0 Å². The Labute approximate surface area is 184 Å². The van der Waals surface area contributed by atoms with Crippen molar-refractivity contribution >= 4 is 37.4 Å². The van der Waals surface area contributed by atoms with Crippen molar-refractivity contribution in [1.29, 1.82) is 0 Å². The van der Waals surface area contributed by atoms with Crippen LogP contribution >= 0.6 is 13.5 Å². The van der Waals surface area contributed by atoms with Gasteiger partial charge in [0.25, 0.3) is 0 Å². The first kappa shape index (κ1) is 38.6. The normalized spacial score (nSPS) is 7.22. The Hall–Kier alpha value is 0.150. The molecule has 0 saturated carbocycles. The van der Waals surface area contributed by atoms with Crippen molar-refractivity contribution in [2.75, 3.05) is 6.61 Å². The summed E-state index contributed by atoms with van der Waals surface area (Å²) in [6, 6.07) is 0. The summed E-state index contributed by atoms with van der Waals surface area (Å²) in [6.07, 6.45) is -1.53. The van der Waals surface area contributed by atoms with Crippen LogP contribution in [0.3, 0.4) is 0 Å². The molecule has 0 fully saturated rings. The molecule has 0 aliphatic heterocycles. The summed E-state index contributed by atoms with van der Waals surface area (Å²) in [5.41, 5.74) is 0. The predicted molar refractivity (Wildman–Crippen MR) is 68.4 cm³/mol. The van der Waals surface area contributed by atoms with Gasteiger partial charge >= 0.3 is 71.1 Å². The summed E-state index contributed by atoms with van der Waals surface area (Å²) < 4.78 is 0. The Morgan fingerprint density at radius 1 is 0.826 bits per heavy atom. The summed E-state index contributed by atoms with van der Waals surface area (Å²) in [5.74, 6) is -4.89. The fourth-order valence-corrected chi connectivity index (χ4v) is 0.418. The molecule has 23 heavy (non-hydrogen) atoms. The smallest absolute Gasteiger partial charge is 0.550 e. The Morgan fingerprint density at radius 3 is 1.13 bits per heavy atom. The largest absolute Gasteiger partial charge is 1.00 e. The molecule has 0 amide bonds. The van der Waals surface area contributed by atoms with E-state index in [1.54, 1.807) is 6.92 Å². The SMILES string of the molecule is CCOO.O=C(O)CCC(=O)O.O=C([O-])CCC(=O)[O-].S.[Na+].[Na+]. The fraction of sp³-hybridized carbons (Fsp3) is 0.600. The van der Waals surface area contributed by atoms with Crippen molar-refractivity contribution in [2.45, 2.75) is 32.6 Å². The van der Waals surface area contributed by atoms with Gasteiger partial charge in [0.15, 0.2) is 0 Å². The fourth-order valence-electron chi connectivity index (χ4n) is 0.418. The van der Waals surface area contributed by atoms with E-state index in [9.17, 15) is 29.4 Å². The average molecular weight is 376 g/mol. The average Bonchev–Trinajstić information content (AvgIpc) is 2.35. The van der Waals surface area contributed by atoms with Crippen molar-refractivity contribution in [2.24, 2.45) is 0 Å². The van der Waals surface area contributed by atoms with E-state index in [4.69, 9.17) is 15.5 Å². The van der Waals surface area contributed by atoms with E-state index < -0.39 is 36.7 Å². The molecule has 0 aromatic heterocycles. The summed E-state index contributed by atoms with van der Waals surface area (Å²) in [4.78, 5) is 41.8. The third kappa shape index (κ3) is 72.3. The molecule has 0 aliphatic carbocycles. The van der Waals surface area contributed by atoms with Gasteiger partial charge < -0.3 is 30.0 Å². The van der Waals surface area contributed by atoms with Crippen LogP contribution in [-0.2, 0) is 24.1 Å². The molecular formula is C10H18Na2O10S. The number of carboxylic acids is 4. The molecular weight excluding hydrogens is 358 g/mol. The molecule has 0 spiro atoms. The van der Waals surface area contributed by atoms with Crippen LogP contribution in [0.5, 0.6) is 0 Å². The molecule has 0 rings (SSSR count). The van der Waals surface area contributed by atoms with Gasteiger partial charge in [-0.3, -0.25) is 14.8 Å². The second kappa shape index (κ2) is 30.1. The Kier molecular flexibility index (Phi) is 50.5. The van der Waals surface area contributed by atoms with E-state index in [1.165, 1.54) is 0 Å². The summed E-state index contributed by atoms with van der Waals surface area (Å²) in [6.45, 7) is 2.08. The van der Waals surface area contributed by atoms with Gasteiger partial charge in [0, 0.05) is 11.9 Å². The monoisotopic (exact) mass is 376 g/mol. The van der Waals surface area contributed by atoms with Crippen LogP contribution in [0.1, 0.15) is 32.6 Å². The van der Waals surface area contributed by atoms with Crippen molar-refractivity contribution < 1.29 is 109 Å². The first-order valence-corrected chi connectivity index (χ1v) is 5.26. The maximum atomic E-state index is 9.64. The minimum absolute atomic E-state index is 0. The van der Waals surface area contributed by atoms with Crippen molar-refractivity contribution in [3.05, 3.63) is 0 Å². The summed E-state index contributed by atoms with van der Waals surface area (Å²) >= 11 is 0. The molecule has 13 heteroatoms. The van der Waals surface area contributed by atoms with Crippen LogP contribution < -0.4 is 69.3 Å². The van der Waals surface area contributed by atoms with Crippen LogP contribution in [0, 0.1) is 0 Å². The van der Waals surface area contributed by atoms with Crippen LogP contribution in [0.25, 0.3) is 0 Å². The molecule has 0 aromatic carbocycles. The maximum Gasteiger partial charge on any atom is 1.00 e. The van der Waals surface area contributed by atoms with Gasteiger partial charge in [0.2, 0.25) is 0 Å². The van der Waals surface area contributed by atoms with Crippen LogP contribution in [0.15, 0.2) is 0 Å².